The fourth-order valence-electron chi connectivity index (χ4n) is 3.43. The molecule has 2 aliphatic rings. The topological polar surface area (TPSA) is 75.6 Å². The van der Waals surface area contributed by atoms with Gasteiger partial charge in [0.25, 0.3) is 0 Å². The molecule has 1 aromatic heterocycles. The Kier molecular flexibility index (Phi) is 4.50. The molecule has 1 aromatic carbocycles. The zero-order valence-electron chi connectivity index (χ0n) is 14.3. The molecule has 1 atom stereocenters. The Bertz CT molecular complexity index is 920. The summed E-state index contributed by atoms with van der Waals surface area (Å²) in [7, 11) is -3.19. The van der Waals surface area contributed by atoms with Gasteiger partial charge in [-0.05, 0) is 29.3 Å². The third-order valence-corrected chi connectivity index (χ3v) is 6.03. The van der Waals surface area contributed by atoms with E-state index in [1.54, 1.807) is 18.3 Å². The summed E-state index contributed by atoms with van der Waals surface area (Å²) in [6, 6.07) is 7.18. The Morgan fingerprint density at radius 2 is 2.08 bits per heavy atom. The number of halogens is 1. The average molecular weight is 395 g/mol. The van der Waals surface area contributed by atoms with Crippen LogP contribution in [0.2, 0.25) is 5.28 Å². The standard InChI is InChI=1S/C17H19ClN4O3S/c1-26(23,24)14-4-2-12(3-5-14)9-21-10-13-11-25-7-6-22(13)16-15(21)8-19-17(18)20-16/h2-5,8,13H,6-7,9-11H2,1H3/t13-/m1/s1. The lowest BCUT2D eigenvalue weighted by molar-refractivity contribution is 0.0936. The Hall–Kier alpha value is -1.90. The van der Waals surface area contributed by atoms with Crippen LogP contribution < -0.4 is 9.80 Å². The van der Waals surface area contributed by atoms with Gasteiger partial charge in [-0.25, -0.2) is 13.4 Å². The van der Waals surface area contributed by atoms with E-state index in [2.05, 4.69) is 19.8 Å². The highest BCUT2D eigenvalue weighted by atomic mass is 35.5. The zero-order chi connectivity index (χ0) is 18.3. The number of sulfone groups is 1. The van der Waals surface area contributed by atoms with Gasteiger partial charge in [-0.3, -0.25) is 0 Å². The van der Waals surface area contributed by atoms with E-state index in [9.17, 15) is 8.42 Å². The average Bonchev–Trinajstić information content (AvgIpc) is 2.61. The SMILES string of the molecule is CS(=O)(=O)c1ccc(CN2C[C@@H]3COCCN3c3nc(Cl)ncc32)cc1. The van der Waals surface area contributed by atoms with Crippen molar-refractivity contribution in [3.05, 3.63) is 41.3 Å². The molecular formula is C17H19ClN4O3S. The van der Waals surface area contributed by atoms with Crippen molar-refractivity contribution in [3.8, 4) is 0 Å². The Balaban J connectivity index is 1.64. The van der Waals surface area contributed by atoms with Crippen molar-refractivity contribution in [1.82, 2.24) is 9.97 Å². The lowest BCUT2D eigenvalue weighted by Crippen LogP contribution is -2.55. The number of aromatic nitrogens is 2. The van der Waals surface area contributed by atoms with Crippen molar-refractivity contribution in [2.24, 2.45) is 0 Å². The van der Waals surface area contributed by atoms with Gasteiger partial charge in [-0.2, -0.15) is 4.98 Å². The van der Waals surface area contributed by atoms with Gasteiger partial charge in [0.2, 0.25) is 5.28 Å². The van der Waals surface area contributed by atoms with E-state index in [0.717, 1.165) is 30.2 Å². The molecule has 138 valence electrons. The van der Waals surface area contributed by atoms with Crippen molar-refractivity contribution in [1.29, 1.82) is 0 Å². The van der Waals surface area contributed by atoms with Crippen LogP contribution in [0.3, 0.4) is 0 Å². The molecule has 0 unspecified atom stereocenters. The molecule has 7 nitrogen and oxygen atoms in total. The molecule has 0 N–H and O–H groups in total. The van der Waals surface area contributed by atoms with Gasteiger partial charge in [0.05, 0.1) is 36.0 Å². The molecule has 26 heavy (non-hydrogen) atoms. The molecule has 9 heteroatoms. The number of anilines is 2. The first-order valence-electron chi connectivity index (χ1n) is 8.33. The van der Waals surface area contributed by atoms with Gasteiger partial charge in [-0.1, -0.05) is 12.1 Å². The van der Waals surface area contributed by atoms with E-state index in [1.165, 1.54) is 6.26 Å². The number of nitrogens with zero attached hydrogens (tertiary/aromatic N) is 4. The maximum Gasteiger partial charge on any atom is 0.224 e. The maximum absolute atomic E-state index is 11.6. The molecule has 0 radical (unpaired) electrons. The third kappa shape index (κ3) is 3.36. The smallest absolute Gasteiger partial charge is 0.224 e. The fourth-order valence-corrected chi connectivity index (χ4v) is 4.19. The van der Waals surface area contributed by atoms with Crippen molar-refractivity contribution in [2.45, 2.75) is 17.5 Å². The molecule has 4 rings (SSSR count). The fraction of sp³-hybridized carbons (Fsp3) is 0.412. The molecule has 3 heterocycles. The van der Waals surface area contributed by atoms with E-state index in [4.69, 9.17) is 16.3 Å². The van der Waals surface area contributed by atoms with Gasteiger partial charge in [0.1, 0.15) is 0 Å². The van der Waals surface area contributed by atoms with E-state index >= 15 is 0 Å². The minimum atomic E-state index is -3.19. The summed E-state index contributed by atoms with van der Waals surface area (Å²) in [5.41, 5.74) is 1.95. The van der Waals surface area contributed by atoms with Gasteiger partial charge in [0, 0.05) is 25.9 Å². The molecular weight excluding hydrogens is 376 g/mol. The number of ether oxygens (including phenoxy) is 1. The summed E-state index contributed by atoms with van der Waals surface area (Å²) in [4.78, 5) is 13.3. The predicted octanol–water partition coefficient (Wildman–Crippen LogP) is 1.76. The summed E-state index contributed by atoms with van der Waals surface area (Å²) >= 11 is 6.02. The maximum atomic E-state index is 11.6. The van der Waals surface area contributed by atoms with Crippen molar-refractivity contribution >= 4 is 32.9 Å². The van der Waals surface area contributed by atoms with E-state index < -0.39 is 9.84 Å². The van der Waals surface area contributed by atoms with Crippen LogP contribution in [0.25, 0.3) is 0 Å². The minimum Gasteiger partial charge on any atom is -0.377 e. The number of morpholine rings is 1. The quantitative estimate of drug-likeness (QED) is 0.734. The molecule has 2 aliphatic heterocycles. The second-order valence-corrected chi connectivity index (χ2v) is 8.92. The number of hydrogen-bond acceptors (Lipinski definition) is 7. The van der Waals surface area contributed by atoms with Gasteiger partial charge >= 0.3 is 0 Å². The molecule has 0 saturated carbocycles. The highest BCUT2D eigenvalue weighted by molar-refractivity contribution is 7.90. The number of rotatable bonds is 3. The van der Waals surface area contributed by atoms with E-state index in [1.807, 2.05) is 12.1 Å². The van der Waals surface area contributed by atoms with E-state index in [0.29, 0.717) is 24.7 Å². The molecule has 0 bridgehead atoms. The highest BCUT2D eigenvalue weighted by Crippen LogP contribution is 2.35. The van der Waals surface area contributed by atoms with Crippen LogP contribution >= 0.6 is 11.6 Å². The Labute approximate surface area is 157 Å². The zero-order valence-corrected chi connectivity index (χ0v) is 15.9. The van der Waals surface area contributed by atoms with Crippen LogP contribution in [0, 0.1) is 0 Å². The molecule has 1 fully saturated rings. The van der Waals surface area contributed by atoms with Gasteiger partial charge < -0.3 is 14.5 Å². The molecule has 0 amide bonds. The van der Waals surface area contributed by atoms with Crippen molar-refractivity contribution < 1.29 is 13.2 Å². The largest absolute Gasteiger partial charge is 0.377 e. The monoisotopic (exact) mass is 394 g/mol. The first-order valence-corrected chi connectivity index (χ1v) is 10.6. The van der Waals surface area contributed by atoms with Crippen LogP contribution in [0.1, 0.15) is 5.56 Å². The summed E-state index contributed by atoms with van der Waals surface area (Å²) < 4.78 is 28.9. The van der Waals surface area contributed by atoms with Crippen molar-refractivity contribution in [2.75, 3.05) is 42.4 Å². The molecule has 0 spiro atoms. The second kappa shape index (κ2) is 6.68. The number of benzene rings is 1. The third-order valence-electron chi connectivity index (χ3n) is 4.72. The summed E-state index contributed by atoms with van der Waals surface area (Å²) in [5, 5.41) is 0.230. The van der Waals surface area contributed by atoms with Crippen LogP contribution in [-0.2, 0) is 21.1 Å². The van der Waals surface area contributed by atoms with Crippen LogP contribution in [0.5, 0.6) is 0 Å². The highest BCUT2D eigenvalue weighted by Gasteiger charge is 2.34. The van der Waals surface area contributed by atoms with Crippen LogP contribution in [-0.4, -0.2) is 57.0 Å². The lowest BCUT2D eigenvalue weighted by atomic mass is 10.1. The Morgan fingerprint density at radius 1 is 1.31 bits per heavy atom. The van der Waals surface area contributed by atoms with Crippen LogP contribution in [0.4, 0.5) is 11.5 Å². The van der Waals surface area contributed by atoms with Gasteiger partial charge in [0.15, 0.2) is 15.7 Å². The second-order valence-electron chi connectivity index (χ2n) is 6.57. The lowest BCUT2D eigenvalue weighted by Gasteiger charge is -2.45. The normalized spacial score (nSPS) is 19.8. The van der Waals surface area contributed by atoms with E-state index in [-0.39, 0.29) is 11.3 Å². The molecule has 1 saturated heterocycles. The van der Waals surface area contributed by atoms with Crippen molar-refractivity contribution in [3.63, 3.8) is 0 Å². The van der Waals surface area contributed by atoms with Gasteiger partial charge in [-0.15, -0.1) is 0 Å². The molecule has 0 aliphatic carbocycles. The summed E-state index contributed by atoms with van der Waals surface area (Å²) in [6.45, 7) is 3.51. The predicted molar refractivity (Wildman–Crippen MR) is 99.6 cm³/mol. The Morgan fingerprint density at radius 3 is 2.81 bits per heavy atom. The first-order chi connectivity index (χ1) is 12.4. The molecule has 2 aromatic rings. The van der Waals surface area contributed by atoms with Crippen LogP contribution in [0.15, 0.2) is 35.4 Å². The number of fused-ring (bicyclic) bond motifs is 3. The number of hydrogen-bond donors (Lipinski definition) is 0. The minimum absolute atomic E-state index is 0.206. The summed E-state index contributed by atoms with van der Waals surface area (Å²) in [5.74, 6) is 0.831. The summed E-state index contributed by atoms with van der Waals surface area (Å²) in [6.07, 6.45) is 2.96. The first kappa shape index (κ1) is 17.5.